The summed E-state index contributed by atoms with van der Waals surface area (Å²) in [7, 11) is 1.58. The van der Waals surface area contributed by atoms with Crippen LogP contribution in [-0.2, 0) is 24.2 Å². The third kappa shape index (κ3) is 7.51. The molecule has 0 fully saturated rings. The van der Waals surface area contributed by atoms with Crippen molar-refractivity contribution in [1.29, 1.82) is 0 Å². The number of carbonyl (C=O) groups is 2. The van der Waals surface area contributed by atoms with Crippen molar-refractivity contribution in [2.45, 2.75) is 65.6 Å². The van der Waals surface area contributed by atoms with Crippen LogP contribution < -0.4 is 21.0 Å². The Hall–Kier alpha value is -4.86. The Labute approximate surface area is 250 Å². The average molecular weight is 587 g/mol. The minimum atomic E-state index is -1.06. The molecule has 2 amide bonds. The number of nitrogens with zero attached hydrogens (tertiary/aromatic N) is 2. The fourth-order valence-corrected chi connectivity index (χ4v) is 4.77. The summed E-state index contributed by atoms with van der Waals surface area (Å²) in [6.45, 7) is 9.34. The molecule has 4 aromatic rings. The molecule has 43 heavy (non-hydrogen) atoms. The minimum Gasteiger partial charge on any atom is -0.497 e. The van der Waals surface area contributed by atoms with Crippen LogP contribution in [0.3, 0.4) is 0 Å². The van der Waals surface area contributed by atoms with Crippen molar-refractivity contribution in [2.75, 3.05) is 17.7 Å². The monoisotopic (exact) mass is 586 g/mol. The molecule has 0 radical (unpaired) electrons. The number of carboxylic acid groups (broad SMARTS) is 1. The lowest BCUT2D eigenvalue weighted by atomic mass is 10.0. The number of hydrogen-bond acceptors (Lipinski definition) is 7. The molecule has 3 N–H and O–H groups in total. The van der Waals surface area contributed by atoms with Crippen molar-refractivity contribution in [3.05, 3.63) is 93.3 Å². The highest BCUT2D eigenvalue weighted by atomic mass is 16.5. The van der Waals surface area contributed by atoms with Gasteiger partial charge in [-0.15, -0.1) is 0 Å². The summed E-state index contributed by atoms with van der Waals surface area (Å²) in [6.07, 6.45) is 0.110. The highest BCUT2D eigenvalue weighted by molar-refractivity contribution is 5.96. The molecule has 0 unspecified atom stereocenters. The van der Waals surface area contributed by atoms with E-state index in [0.717, 1.165) is 17.5 Å². The number of nitrogens with one attached hydrogen (secondary N) is 2. The highest BCUT2D eigenvalue weighted by Crippen LogP contribution is 2.25. The van der Waals surface area contributed by atoms with Gasteiger partial charge in [-0.1, -0.05) is 37.3 Å². The lowest BCUT2D eigenvalue weighted by Gasteiger charge is -2.33. The molecule has 0 aliphatic heterocycles. The number of rotatable bonds is 10. The molecule has 0 spiro atoms. The number of carbonyl (C=O) groups excluding carboxylic acids is 1. The normalized spacial score (nSPS) is 12.0. The number of amides is 2. The van der Waals surface area contributed by atoms with E-state index in [0.29, 0.717) is 28.1 Å². The van der Waals surface area contributed by atoms with Gasteiger partial charge in [-0.25, -0.2) is 9.59 Å². The Kier molecular flexibility index (Phi) is 9.38. The molecule has 1 aromatic heterocycles. The van der Waals surface area contributed by atoms with Crippen molar-refractivity contribution in [3.8, 4) is 5.75 Å². The molecule has 0 saturated carbocycles. The van der Waals surface area contributed by atoms with Gasteiger partial charge in [0.2, 0.25) is 5.91 Å². The van der Waals surface area contributed by atoms with Crippen LogP contribution in [0.25, 0.3) is 10.9 Å². The van der Waals surface area contributed by atoms with Crippen molar-refractivity contribution in [3.63, 3.8) is 0 Å². The van der Waals surface area contributed by atoms with E-state index in [1.807, 2.05) is 69.3 Å². The summed E-state index contributed by atoms with van der Waals surface area (Å²) < 4.78 is 10.8. The Morgan fingerprint density at radius 2 is 1.67 bits per heavy atom. The molecule has 0 bridgehead atoms. The SMILES string of the molecule is CCc1ccc(NC(=O)[C@H](Cc2ccc(OC)cc2)Nc2nc3ccc(CN(C(=O)O)C(C)(C)C)c(C)c3c(=O)o2)cc1. The molecule has 0 saturated heterocycles. The number of fused-ring (bicyclic) bond motifs is 1. The van der Waals surface area contributed by atoms with Crippen LogP contribution in [0.5, 0.6) is 5.75 Å². The number of benzene rings is 3. The summed E-state index contributed by atoms with van der Waals surface area (Å²) in [6, 6.07) is 17.5. The second-order valence-corrected chi connectivity index (χ2v) is 11.4. The quantitative estimate of drug-likeness (QED) is 0.206. The fourth-order valence-electron chi connectivity index (χ4n) is 4.77. The second kappa shape index (κ2) is 13.0. The standard InChI is InChI=1S/C33H38N4O6/c1-7-21-8-13-24(14-9-21)34-29(38)27(18-22-10-15-25(42-6)16-11-22)36-31-35-26-17-12-23(20(2)28(26)30(39)43-31)19-37(32(40)41)33(3,4)5/h8-17,27H,7,18-19H2,1-6H3,(H,34,38)(H,35,36)(H,40,41)/t27-/m0/s1. The van der Waals surface area contributed by atoms with E-state index in [2.05, 4.69) is 22.5 Å². The van der Waals surface area contributed by atoms with Crippen LogP contribution in [0.4, 0.5) is 16.5 Å². The molecule has 3 aromatic carbocycles. The third-order valence-electron chi connectivity index (χ3n) is 7.38. The zero-order chi connectivity index (χ0) is 31.3. The minimum absolute atomic E-state index is 0.0958. The topological polar surface area (TPSA) is 134 Å². The number of methoxy groups -OCH3 is 1. The Bertz CT molecular complexity index is 1660. The van der Waals surface area contributed by atoms with Crippen LogP contribution in [0.2, 0.25) is 0 Å². The van der Waals surface area contributed by atoms with Crippen LogP contribution in [0.1, 0.15) is 49.9 Å². The largest absolute Gasteiger partial charge is 0.497 e. The molecular weight excluding hydrogens is 548 g/mol. The smallest absolute Gasteiger partial charge is 0.408 e. The first-order chi connectivity index (χ1) is 20.4. The first-order valence-corrected chi connectivity index (χ1v) is 14.1. The van der Waals surface area contributed by atoms with E-state index in [1.165, 1.54) is 4.90 Å². The van der Waals surface area contributed by atoms with Crippen molar-refractivity contribution in [2.24, 2.45) is 0 Å². The summed E-state index contributed by atoms with van der Waals surface area (Å²) in [5.41, 5.74) is 3.02. The number of hydrogen-bond donors (Lipinski definition) is 3. The first-order valence-electron chi connectivity index (χ1n) is 14.1. The number of anilines is 2. The van der Waals surface area contributed by atoms with Gasteiger partial charge in [0.15, 0.2) is 0 Å². The summed E-state index contributed by atoms with van der Waals surface area (Å²) in [4.78, 5) is 44.4. The van der Waals surface area contributed by atoms with Gasteiger partial charge in [0.05, 0.1) is 18.0 Å². The lowest BCUT2D eigenvalue weighted by Crippen LogP contribution is -2.44. The average Bonchev–Trinajstić information content (AvgIpc) is 2.96. The van der Waals surface area contributed by atoms with E-state index in [4.69, 9.17) is 9.15 Å². The molecule has 226 valence electrons. The Morgan fingerprint density at radius 1 is 1.02 bits per heavy atom. The highest BCUT2D eigenvalue weighted by Gasteiger charge is 2.27. The van der Waals surface area contributed by atoms with Gasteiger partial charge in [0.1, 0.15) is 11.8 Å². The molecule has 1 heterocycles. The Balaban J connectivity index is 1.65. The number of ether oxygens (including phenoxy) is 1. The van der Waals surface area contributed by atoms with Gasteiger partial charge in [0, 0.05) is 24.2 Å². The molecular formula is C33H38N4O6. The fraction of sp³-hybridized carbons (Fsp3) is 0.333. The molecule has 1 atom stereocenters. The maximum absolute atomic E-state index is 13.5. The van der Waals surface area contributed by atoms with Gasteiger partial charge in [-0.2, -0.15) is 4.98 Å². The lowest BCUT2D eigenvalue weighted by molar-refractivity contribution is -0.116. The van der Waals surface area contributed by atoms with E-state index in [1.54, 1.807) is 26.2 Å². The first kappa shape index (κ1) is 31.1. The van der Waals surface area contributed by atoms with Gasteiger partial charge >= 0.3 is 11.7 Å². The molecule has 0 aliphatic rings. The van der Waals surface area contributed by atoms with E-state index in [9.17, 15) is 19.5 Å². The molecule has 4 rings (SSSR count). The maximum atomic E-state index is 13.5. The van der Waals surface area contributed by atoms with E-state index in [-0.39, 0.29) is 30.3 Å². The predicted octanol–water partition coefficient (Wildman–Crippen LogP) is 6.01. The van der Waals surface area contributed by atoms with E-state index >= 15 is 0 Å². The maximum Gasteiger partial charge on any atom is 0.408 e. The van der Waals surface area contributed by atoms with Crippen molar-refractivity contribution in [1.82, 2.24) is 9.88 Å². The van der Waals surface area contributed by atoms with Crippen molar-refractivity contribution < 1.29 is 23.8 Å². The van der Waals surface area contributed by atoms with Gasteiger partial charge in [-0.3, -0.25) is 9.69 Å². The zero-order valence-electron chi connectivity index (χ0n) is 25.4. The van der Waals surface area contributed by atoms with E-state index < -0.39 is 23.3 Å². The summed E-state index contributed by atoms with van der Waals surface area (Å²) >= 11 is 0. The molecule has 10 heteroatoms. The third-order valence-corrected chi connectivity index (χ3v) is 7.38. The Morgan fingerprint density at radius 3 is 2.26 bits per heavy atom. The van der Waals surface area contributed by atoms with Crippen LogP contribution in [-0.4, -0.2) is 45.7 Å². The summed E-state index contributed by atoms with van der Waals surface area (Å²) in [5.74, 6) is 0.367. The number of aromatic nitrogens is 1. The van der Waals surface area contributed by atoms with Crippen molar-refractivity contribution >= 4 is 34.6 Å². The van der Waals surface area contributed by atoms with Crippen LogP contribution in [0, 0.1) is 6.92 Å². The summed E-state index contributed by atoms with van der Waals surface area (Å²) in [5, 5.41) is 16.0. The number of aryl methyl sites for hydroxylation is 2. The van der Waals surface area contributed by atoms with Gasteiger partial charge < -0.3 is 24.9 Å². The second-order valence-electron chi connectivity index (χ2n) is 11.4. The van der Waals surface area contributed by atoms with Crippen LogP contribution in [0.15, 0.2) is 69.9 Å². The predicted molar refractivity (Wildman–Crippen MR) is 167 cm³/mol. The molecule has 0 aliphatic carbocycles. The van der Waals surface area contributed by atoms with Gasteiger partial charge in [0.25, 0.3) is 6.01 Å². The zero-order valence-corrected chi connectivity index (χ0v) is 25.4. The molecule has 10 nitrogen and oxygen atoms in total. The van der Waals surface area contributed by atoms with Gasteiger partial charge in [-0.05, 0) is 86.7 Å². The van der Waals surface area contributed by atoms with Crippen LogP contribution >= 0.6 is 0 Å².